The molecule has 1 aliphatic rings. The smallest absolute Gasteiger partial charge is 0.162 e. The Balaban J connectivity index is 2.12. The minimum absolute atomic E-state index is 0.0660. The minimum atomic E-state index is -0.767. The van der Waals surface area contributed by atoms with Crippen molar-refractivity contribution in [2.24, 2.45) is 17.3 Å². The Kier molecular flexibility index (Phi) is 4.73. The molecule has 112 valence electrons. The first kappa shape index (κ1) is 15.8. The molecule has 0 N–H and O–H groups in total. The molecule has 3 heteroatoms. The zero-order valence-electron chi connectivity index (χ0n) is 12.4. The van der Waals surface area contributed by atoms with E-state index >= 15 is 0 Å². The zero-order valence-corrected chi connectivity index (χ0v) is 13.2. The van der Waals surface area contributed by atoms with Crippen molar-refractivity contribution < 1.29 is 8.78 Å². The Hall–Kier alpha value is -0.630. The summed E-state index contributed by atoms with van der Waals surface area (Å²) in [7, 11) is 0. The van der Waals surface area contributed by atoms with E-state index in [1.54, 1.807) is 12.1 Å². The van der Waals surface area contributed by atoms with Crippen molar-refractivity contribution in [1.82, 2.24) is 0 Å². The van der Waals surface area contributed by atoms with E-state index in [0.717, 1.165) is 25.3 Å². The van der Waals surface area contributed by atoms with Gasteiger partial charge in [-0.3, -0.25) is 0 Å². The number of rotatable bonds is 2. The summed E-state index contributed by atoms with van der Waals surface area (Å²) >= 11 is 6.42. The third-order valence-corrected chi connectivity index (χ3v) is 5.20. The maximum atomic E-state index is 13.8. The lowest BCUT2D eigenvalue weighted by atomic mass is 9.68. The van der Waals surface area contributed by atoms with Gasteiger partial charge in [0.15, 0.2) is 11.6 Å². The van der Waals surface area contributed by atoms with E-state index in [2.05, 4.69) is 20.8 Å². The number of alkyl halides is 1. The van der Waals surface area contributed by atoms with Crippen LogP contribution in [-0.4, -0.2) is 5.38 Å². The van der Waals surface area contributed by atoms with Crippen LogP contribution in [0.5, 0.6) is 0 Å². The molecule has 0 radical (unpaired) electrons. The Morgan fingerprint density at radius 3 is 2.55 bits per heavy atom. The zero-order chi connectivity index (χ0) is 14.9. The standard InChI is InChI=1S/C17H23ClF2/c1-17(2,3)13-7-8-14(18)12(10-13)9-11-5-4-6-15(19)16(11)20/h4-6,12-14H,7-10H2,1-3H3. The molecule has 1 aromatic carbocycles. The first-order valence-corrected chi connectivity index (χ1v) is 7.79. The topological polar surface area (TPSA) is 0 Å². The highest BCUT2D eigenvalue weighted by atomic mass is 35.5. The van der Waals surface area contributed by atoms with Crippen molar-refractivity contribution >= 4 is 11.6 Å². The van der Waals surface area contributed by atoms with E-state index < -0.39 is 11.6 Å². The Bertz CT molecular complexity index is 465. The predicted molar refractivity (Wildman–Crippen MR) is 80.0 cm³/mol. The summed E-state index contributed by atoms with van der Waals surface area (Å²) < 4.78 is 27.1. The normalized spacial score (nSPS) is 27.6. The summed E-state index contributed by atoms with van der Waals surface area (Å²) in [5, 5.41) is 0.0660. The van der Waals surface area contributed by atoms with Gasteiger partial charge in [-0.15, -0.1) is 11.6 Å². The summed E-state index contributed by atoms with van der Waals surface area (Å²) in [4.78, 5) is 0. The lowest BCUT2D eigenvalue weighted by molar-refractivity contribution is 0.143. The molecule has 0 aromatic heterocycles. The second-order valence-corrected chi connectivity index (χ2v) is 7.63. The van der Waals surface area contributed by atoms with Crippen LogP contribution in [0.25, 0.3) is 0 Å². The molecule has 3 unspecified atom stereocenters. The fourth-order valence-electron chi connectivity index (χ4n) is 3.21. The summed E-state index contributed by atoms with van der Waals surface area (Å²) in [5.74, 6) is -0.656. The van der Waals surface area contributed by atoms with E-state index in [-0.39, 0.29) is 16.7 Å². The molecule has 1 aromatic rings. The molecule has 20 heavy (non-hydrogen) atoms. The molecule has 0 heterocycles. The third-order valence-electron chi connectivity index (χ3n) is 4.63. The third kappa shape index (κ3) is 3.52. The molecule has 1 saturated carbocycles. The number of hydrogen-bond donors (Lipinski definition) is 0. The second kappa shape index (κ2) is 6.01. The molecule has 2 rings (SSSR count). The second-order valence-electron chi connectivity index (χ2n) is 7.07. The Morgan fingerprint density at radius 2 is 1.90 bits per heavy atom. The van der Waals surface area contributed by atoms with Crippen LogP contribution in [0.2, 0.25) is 0 Å². The Morgan fingerprint density at radius 1 is 1.20 bits per heavy atom. The lowest BCUT2D eigenvalue weighted by Crippen LogP contribution is -2.33. The summed E-state index contributed by atoms with van der Waals surface area (Å²) in [6.45, 7) is 6.73. The molecule has 1 aliphatic carbocycles. The van der Waals surface area contributed by atoms with Gasteiger partial charge in [0.1, 0.15) is 0 Å². The van der Waals surface area contributed by atoms with Crippen LogP contribution < -0.4 is 0 Å². The van der Waals surface area contributed by atoms with Crippen molar-refractivity contribution in [1.29, 1.82) is 0 Å². The molecule has 1 fully saturated rings. The fourth-order valence-corrected chi connectivity index (χ4v) is 3.53. The van der Waals surface area contributed by atoms with E-state index in [1.807, 2.05) is 0 Å². The molecule has 0 nitrogen and oxygen atoms in total. The number of halogens is 3. The molecular weight excluding hydrogens is 278 g/mol. The van der Waals surface area contributed by atoms with Gasteiger partial charge in [-0.2, -0.15) is 0 Å². The monoisotopic (exact) mass is 300 g/mol. The van der Waals surface area contributed by atoms with Gasteiger partial charge >= 0.3 is 0 Å². The van der Waals surface area contributed by atoms with Crippen LogP contribution in [0.1, 0.15) is 45.6 Å². The summed E-state index contributed by atoms with van der Waals surface area (Å²) in [6, 6.07) is 4.40. The van der Waals surface area contributed by atoms with Gasteiger partial charge in [-0.1, -0.05) is 32.9 Å². The highest BCUT2D eigenvalue weighted by Gasteiger charge is 2.35. The molecule has 3 atom stereocenters. The average Bonchev–Trinajstić information content (AvgIpc) is 2.36. The van der Waals surface area contributed by atoms with Crippen LogP contribution in [-0.2, 0) is 6.42 Å². The Labute approximate surface area is 125 Å². The minimum Gasteiger partial charge on any atom is -0.204 e. The first-order chi connectivity index (χ1) is 9.29. The van der Waals surface area contributed by atoms with E-state index in [1.165, 1.54) is 0 Å². The summed E-state index contributed by atoms with van der Waals surface area (Å²) in [6.07, 6.45) is 3.61. The molecule has 0 aliphatic heterocycles. The van der Waals surface area contributed by atoms with E-state index in [4.69, 9.17) is 11.6 Å². The first-order valence-electron chi connectivity index (χ1n) is 7.36. The van der Waals surface area contributed by atoms with Gasteiger partial charge < -0.3 is 0 Å². The van der Waals surface area contributed by atoms with Crippen molar-refractivity contribution in [3.8, 4) is 0 Å². The van der Waals surface area contributed by atoms with Crippen molar-refractivity contribution in [2.45, 2.75) is 51.8 Å². The van der Waals surface area contributed by atoms with Gasteiger partial charge in [-0.05, 0) is 54.6 Å². The van der Waals surface area contributed by atoms with Crippen LogP contribution in [0.3, 0.4) is 0 Å². The average molecular weight is 301 g/mol. The predicted octanol–water partition coefficient (Wildman–Crippen LogP) is 5.58. The highest BCUT2D eigenvalue weighted by Crippen LogP contribution is 2.43. The maximum Gasteiger partial charge on any atom is 0.162 e. The maximum absolute atomic E-state index is 13.8. The van der Waals surface area contributed by atoms with Crippen LogP contribution in [0.4, 0.5) is 8.78 Å². The van der Waals surface area contributed by atoms with Gasteiger partial charge in [0.05, 0.1) is 0 Å². The fraction of sp³-hybridized carbons (Fsp3) is 0.647. The molecule has 0 spiro atoms. The highest BCUT2D eigenvalue weighted by molar-refractivity contribution is 6.20. The molecule has 0 saturated heterocycles. The largest absolute Gasteiger partial charge is 0.204 e. The number of benzene rings is 1. The van der Waals surface area contributed by atoms with E-state index in [0.29, 0.717) is 17.9 Å². The number of hydrogen-bond acceptors (Lipinski definition) is 0. The van der Waals surface area contributed by atoms with Crippen molar-refractivity contribution in [3.63, 3.8) is 0 Å². The summed E-state index contributed by atoms with van der Waals surface area (Å²) in [5.41, 5.74) is 0.700. The van der Waals surface area contributed by atoms with Gasteiger partial charge in [0.25, 0.3) is 0 Å². The van der Waals surface area contributed by atoms with Crippen molar-refractivity contribution in [3.05, 3.63) is 35.4 Å². The molecule has 0 amide bonds. The van der Waals surface area contributed by atoms with E-state index in [9.17, 15) is 8.78 Å². The van der Waals surface area contributed by atoms with Gasteiger partial charge in [0, 0.05) is 5.38 Å². The molecular formula is C17H23ClF2. The van der Waals surface area contributed by atoms with Gasteiger partial charge in [-0.25, -0.2) is 8.78 Å². The van der Waals surface area contributed by atoms with Crippen LogP contribution in [0, 0.1) is 28.9 Å². The quantitative estimate of drug-likeness (QED) is 0.626. The molecule has 0 bridgehead atoms. The lowest BCUT2D eigenvalue weighted by Gasteiger charge is -2.40. The van der Waals surface area contributed by atoms with Crippen molar-refractivity contribution in [2.75, 3.05) is 0 Å². The van der Waals surface area contributed by atoms with Gasteiger partial charge in [0.2, 0.25) is 0 Å². The van der Waals surface area contributed by atoms with Crippen LogP contribution >= 0.6 is 11.6 Å². The van der Waals surface area contributed by atoms with Crippen LogP contribution in [0.15, 0.2) is 18.2 Å². The SMILES string of the molecule is CC(C)(C)C1CCC(Cl)C(Cc2cccc(F)c2F)C1.